The molecule has 0 aromatic carbocycles. The minimum Gasteiger partial charge on any atom is -0.381 e. The molecule has 0 amide bonds. The molecule has 0 aliphatic heterocycles. The van der Waals surface area contributed by atoms with Crippen LogP contribution >= 0.6 is 17.0 Å². The predicted molar refractivity (Wildman–Crippen MR) is 88.3 cm³/mol. The second kappa shape index (κ2) is 22.6. The summed E-state index contributed by atoms with van der Waals surface area (Å²) in [4.78, 5) is 0. The third-order valence-electron chi connectivity index (χ3n) is 2.99. The molecule has 0 aliphatic rings. The fraction of sp³-hybridized carbons (Fsp3) is 1.00. The van der Waals surface area contributed by atoms with Crippen molar-refractivity contribution in [1.82, 2.24) is 6.15 Å². The smallest absolute Gasteiger partial charge is 0.0466 e. The highest BCUT2D eigenvalue weighted by molar-refractivity contribution is 8.93. The molecule has 0 aromatic rings. The molecule has 0 rings (SSSR count). The molecular weight excluding hydrogens is 290 g/mol. The first kappa shape index (κ1) is 23.5. The fourth-order valence-corrected chi connectivity index (χ4v) is 1.94. The molecule has 3 N–H and O–H groups in total. The third kappa shape index (κ3) is 21.7. The van der Waals surface area contributed by atoms with Gasteiger partial charge in [-0.3, -0.25) is 0 Å². The van der Waals surface area contributed by atoms with Crippen LogP contribution in [0, 0.1) is 0 Å². The number of hydrogen-bond acceptors (Lipinski definition) is 2. The lowest BCUT2D eigenvalue weighted by Gasteiger charge is -2.03. The van der Waals surface area contributed by atoms with Crippen LogP contribution < -0.4 is 6.15 Å². The standard InChI is InChI=1S/C15H32O.BrH.H3N/c1-3-5-6-7-8-9-10-11-12-13-15-16-14-4-2;;/h3-15H2,1-2H3;1H;1H3. The summed E-state index contributed by atoms with van der Waals surface area (Å²) in [6, 6.07) is 0. The van der Waals surface area contributed by atoms with Crippen LogP contribution in [0.2, 0.25) is 0 Å². The molecule has 114 valence electrons. The Morgan fingerprint density at radius 3 is 1.44 bits per heavy atom. The normalized spacial score (nSPS) is 9.67. The van der Waals surface area contributed by atoms with Crippen LogP contribution in [0.1, 0.15) is 84.5 Å². The van der Waals surface area contributed by atoms with E-state index in [1.165, 1.54) is 64.2 Å². The first-order chi connectivity index (χ1) is 7.91. The minimum atomic E-state index is 0. The van der Waals surface area contributed by atoms with E-state index < -0.39 is 0 Å². The summed E-state index contributed by atoms with van der Waals surface area (Å²) in [6.07, 6.45) is 15.2. The highest BCUT2D eigenvalue weighted by atomic mass is 79.9. The molecule has 0 radical (unpaired) electrons. The Kier molecular flexibility index (Phi) is 29.5. The highest BCUT2D eigenvalue weighted by Gasteiger charge is 1.92. The van der Waals surface area contributed by atoms with Crippen molar-refractivity contribution in [3.8, 4) is 0 Å². The Labute approximate surface area is 126 Å². The van der Waals surface area contributed by atoms with Gasteiger partial charge in [0, 0.05) is 13.2 Å². The molecule has 2 nitrogen and oxygen atoms in total. The van der Waals surface area contributed by atoms with E-state index in [-0.39, 0.29) is 23.1 Å². The zero-order valence-electron chi connectivity index (χ0n) is 12.7. The summed E-state index contributed by atoms with van der Waals surface area (Å²) >= 11 is 0. The van der Waals surface area contributed by atoms with Crippen molar-refractivity contribution in [2.75, 3.05) is 13.2 Å². The molecule has 0 saturated heterocycles. The van der Waals surface area contributed by atoms with Gasteiger partial charge in [-0.25, -0.2) is 0 Å². The molecular formula is C15H36BrNO. The van der Waals surface area contributed by atoms with Gasteiger partial charge in [-0.15, -0.1) is 17.0 Å². The summed E-state index contributed by atoms with van der Waals surface area (Å²) < 4.78 is 5.45. The Balaban J connectivity index is -0.00000112. The Morgan fingerprint density at radius 1 is 0.556 bits per heavy atom. The van der Waals surface area contributed by atoms with Crippen molar-refractivity contribution in [2.24, 2.45) is 0 Å². The number of halogens is 1. The summed E-state index contributed by atoms with van der Waals surface area (Å²) in [6.45, 7) is 6.36. The maximum Gasteiger partial charge on any atom is 0.0466 e. The van der Waals surface area contributed by atoms with Gasteiger partial charge in [-0.05, 0) is 12.8 Å². The molecule has 18 heavy (non-hydrogen) atoms. The van der Waals surface area contributed by atoms with E-state index in [9.17, 15) is 0 Å². The van der Waals surface area contributed by atoms with E-state index in [1.807, 2.05) is 0 Å². The second-order valence-electron chi connectivity index (χ2n) is 4.79. The van der Waals surface area contributed by atoms with Gasteiger partial charge < -0.3 is 10.9 Å². The molecule has 0 atom stereocenters. The van der Waals surface area contributed by atoms with Gasteiger partial charge in [0.15, 0.2) is 0 Å². The van der Waals surface area contributed by atoms with Crippen LogP contribution in [0.4, 0.5) is 0 Å². The molecule has 0 fully saturated rings. The average molecular weight is 326 g/mol. The second-order valence-corrected chi connectivity index (χ2v) is 4.79. The van der Waals surface area contributed by atoms with E-state index in [2.05, 4.69) is 13.8 Å². The van der Waals surface area contributed by atoms with Crippen molar-refractivity contribution in [3.63, 3.8) is 0 Å². The van der Waals surface area contributed by atoms with Crippen molar-refractivity contribution in [3.05, 3.63) is 0 Å². The van der Waals surface area contributed by atoms with Gasteiger partial charge in [0.05, 0.1) is 0 Å². The van der Waals surface area contributed by atoms with Crippen LogP contribution in [0.15, 0.2) is 0 Å². The van der Waals surface area contributed by atoms with Crippen LogP contribution in [0.25, 0.3) is 0 Å². The van der Waals surface area contributed by atoms with Crippen LogP contribution in [-0.4, -0.2) is 13.2 Å². The number of rotatable bonds is 13. The lowest BCUT2D eigenvalue weighted by atomic mass is 10.1. The van der Waals surface area contributed by atoms with E-state index >= 15 is 0 Å². The minimum absolute atomic E-state index is 0. The number of hydrogen-bond donors (Lipinski definition) is 1. The van der Waals surface area contributed by atoms with E-state index in [1.54, 1.807) is 0 Å². The van der Waals surface area contributed by atoms with Crippen LogP contribution in [-0.2, 0) is 4.74 Å². The molecule has 0 aliphatic carbocycles. The highest BCUT2D eigenvalue weighted by Crippen LogP contribution is 2.10. The van der Waals surface area contributed by atoms with Crippen molar-refractivity contribution < 1.29 is 4.74 Å². The summed E-state index contributed by atoms with van der Waals surface area (Å²) in [7, 11) is 0. The van der Waals surface area contributed by atoms with Gasteiger partial charge in [0.1, 0.15) is 0 Å². The molecule has 0 aromatic heterocycles. The van der Waals surface area contributed by atoms with E-state index in [4.69, 9.17) is 4.74 Å². The SMILES string of the molecule is Br.CCCCCCCCCCCCOCCC.N. The number of unbranched alkanes of at least 4 members (excludes halogenated alkanes) is 9. The Bertz CT molecular complexity index is 109. The van der Waals surface area contributed by atoms with Gasteiger partial charge in [0.2, 0.25) is 0 Å². The van der Waals surface area contributed by atoms with Gasteiger partial charge >= 0.3 is 0 Å². The van der Waals surface area contributed by atoms with Crippen molar-refractivity contribution >= 4 is 17.0 Å². The van der Waals surface area contributed by atoms with Crippen LogP contribution in [0.5, 0.6) is 0 Å². The Hall–Kier alpha value is 0.400. The zero-order chi connectivity index (χ0) is 11.9. The molecule has 0 saturated carbocycles. The summed E-state index contributed by atoms with van der Waals surface area (Å²) in [5, 5.41) is 0. The monoisotopic (exact) mass is 325 g/mol. The summed E-state index contributed by atoms with van der Waals surface area (Å²) in [5.74, 6) is 0. The van der Waals surface area contributed by atoms with Crippen molar-refractivity contribution in [1.29, 1.82) is 0 Å². The van der Waals surface area contributed by atoms with Gasteiger partial charge in [0.25, 0.3) is 0 Å². The molecule has 0 bridgehead atoms. The number of ether oxygens (including phenoxy) is 1. The largest absolute Gasteiger partial charge is 0.381 e. The zero-order valence-corrected chi connectivity index (χ0v) is 14.4. The first-order valence-corrected chi connectivity index (χ1v) is 7.49. The maximum absolute atomic E-state index is 5.45. The van der Waals surface area contributed by atoms with Crippen LogP contribution in [0.3, 0.4) is 0 Å². The lowest BCUT2D eigenvalue weighted by Crippen LogP contribution is -1.95. The third-order valence-corrected chi connectivity index (χ3v) is 2.99. The lowest BCUT2D eigenvalue weighted by molar-refractivity contribution is 0.130. The fourth-order valence-electron chi connectivity index (χ4n) is 1.94. The van der Waals surface area contributed by atoms with Crippen molar-refractivity contribution in [2.45, 2.75) is 84.5 Å². The summed E-state index contributed by atoms with van der Waals surface area (Å²) in [5.41, 5.74) is 0. The predicted octanol–water partition coefficient (Wildman–Crippen LogP) is 6.07. The van der Waals surface area contributed by atoms with Gasteiger partial charge in [-0.1, -0.05) is 71.6 Å². The molecule has 0 heterocycles. The molecule has 3 heteroatoms. The van der Waals surface area contributed by atoms with E-state index in [0.29, 0.717) is 0 Å². The average Bonchev–Trinajstić information content (AvgIpc) is 2.31. The maximum atomic E-state index is 5.45. The quantitative estimate of drug-likeness (QED) is 0.417. The first-order valence-electron chi connectivity index (χ1n) is 7.49. The molecule has 0 spiro atoms. The Morgan fingerprint density at radius 2 is 1.00 bits per heavy atom. The van der Waals surface area contributed by atoms with E-state index in [0.717, 1.165) is 19.6 Å². The van der Waals surface area contributed by atoms with Gasteiger partial charge in [-0.2, -0.15) is 0 Å². The molecule has 0 unspecified atom stereocenters. The topological polar surface area (TPSA) is 44.2 Å².